The standard InChI is InChI=1S/C23H16N4O6S/c1-34-20-11-10-14(12-19(20)27(31)32)21(28)15-6-2-3-7-16(15)23(30)33-13-26-22(29)17-8-4-5-9-18(17)24-25-26/h2-12H,13H2,1H3. The molecule has 10 nitrogen and oxygen atoms in total. The lowest BCUT2D eigenvalue weighted by molar-refractivity contribution is -0.387. The Bertz CT molecular complexity index is 1500. The highest BCUT2D eigenvalue weighted by atomic mass is 32.2. The number of nitro benzene ring substituents is 1. The number of thioether (sulfide) groups is 1. The van der Waals surface area contributed by atoms with Crippen LogP contribution in [0.2, 0.25) is 0 Å². The molecule has 170 valence electrons. The number of aromatic nitrogens is 3. The highest BCUT2D eigenvalue weighted by Crippen LogP contribution is 2.29. The van der Waals surface area contributed by atoms with E-state index in [9.17, 15) is 24.5 Å². The van der Waals surface area contributed by atoms with Crippen molar-refractivity contribution in [2.24, 2.45) is 0 Å². The molecule has 0 N–H and O–H groups in total. The molecule has 0 bridgehead atoms. The summed E-state index contributed by atoms with van der Waals surface area (Å²) in [5, 5.41) is 19.4. The predicted molar refractivity (Wildman–Crippen MR) is 124 cm³/mol. The molecule has 0 unspecified atom stereocenters. The Labute approximate surface area is 196 Å². The van der Waals surface area contributed by atoms with Gasteiger partial charge in [-0.25, -0.2) is 4.79 Å². The van der Waals surface area contributed by atoms with E-state index in [0.717, 1.165) is 4.68 Å². The maximum absolute atomic E-state index is 13.1. The van der Waals surface area contributed by atoms with Crippen molar-refractivity contribution in [3.63, 3.8) is 0 Å². The number of hydrogen-bond donors (Lipinski definition) is 0. The molecule has 34 heavy (non-hydrogen) atoms. The number of ether oxygens (including phenoxy) is 1. The maximum atomic E-state index is 13.1. The van der Waals surface area contributed by atoms with Gasteiger partial charge < -0.3 is 4.74 Å². The van der Waals surface area contributed by atoms with Crippen molar-refractivity contribution in [3.05, 3.63) is 104 Å². The van der Waals surface area contributed by atoms with Crippen LogP contribution in [-0.4, -0.2) is 37.9 Å². The lowest BCUT2D eigenvalue weighted by atomic mass is 9.98. The molecule has 0 aliphatic rings. The third kappa shape index (κ3) is 4.41. The lowest BCUT2D eigenvalue weighted by Crippen LogP contribution is -2.27. The van der Waals surface area contributed by atoms with Crippen LogP contribution >= 0.6 is 11.8 Å². The van der Waals surface area contributed by atoms with Crippen LogP contribution < -0.4 is 5.56 Å². The molecule has 0 saturated carbocycles. The normalized spacial score (nSPS) is 10.7. The SMILES string of the molecule is CSc1ccc(C(=O)c2ccccc2C(=O)OCn2nnc3ccccc3c2=O)cc1[N+](=O)[O-]. The third-order valence-electron chi connectivity index (χ3n) is 4.98. The molecule has 0 radical (unpaired) electrons. The number of benzene rings is 3. The lowest BCUT2D eigenvalue weighted by Gasteiger charge is -2.10. The van der Waals surface area contributed by atoms with Crippen molar-refractivity contribution in [1.82, 2.24) is 15.0 Å². The molecule has 0 aliphatic carbocycles. The van der Waals surface area contributed by atoms with Gasteiger partial charge >= 0.3 is 5.97 Å². The number of hydrogen-bond acceptors (Lipinski definition) is 9. The van der Waals surface area contributed by atoms with Gasteiger partial charge in [0, 0.05) is 17.2 Å². The zero-order chi connectivity index (χ0) is 24.2. The first-order chi connectivity index (χ1) is 16.4. The minimum Gasteiger partial charge on any atom is -0.439 e. The van der Waals surface area contributed by atoms with Gasteiger partial charge in [-0.2, -0.15) is 4.68 Å². The van der Waals surface area contributed by atoms with E-state index in [1.807, 2.05) is 0 Å². The summed E-state index contributed by atoms with van der Waals surface area (Å²) >= 11 is 1.19. The fourth-order valence-corrected chi connectivity index (χ4v) is 3.84. The summed E-state index contributed by atoms with van der Waals surface area (Å²) in [7, 11) is 0. The zero-order valence-corrected chi connectivity index (χ0v) is 18.5. The average molecular weight is 476 g/mol. The molecule has 0 atom stereocenters. The predicted octanol–water partition coefficient (Wildman–Crippen LogP) is 3.47. The molecular formula is C23H16N4O6S. The minimum absolute atomic E-state index is 0.00985. The van der Waals surface area contributed by atoms with E-state index in [1.165, 1.54) is 42.1 Å². The van der Waals surface area contributed by atoms with Gasteiger partial charge in [0.25, 0.3) is 11.2 Å². The van der Waals surface area contributed by atoms with Crippen molar-refractivity contribution < 1.29 is 19.2 Å². The van der Waals surface area contributed by atoms with Crippen molar-refractivity contribution >= 4 is 40.1 Å². The zero-order valence-electron chi connectivity index (χ0n) is 17.7. The summed E-state index contributed by atoms with van der Waals surface area (Å²) in [5.41, 5.74) is -0.257. The fraction of sp³-hybridized carbons (Fsp3) is 0.0870. The first-order valence-corrected chi connectivity index (χ1v) is 11.1. The first kappa shape index (κ1) is 22.8. The van der Waals surface area contributed by atoms with Crippen LogP contribution in [0.1, 0.15) is 26.3 Å². The second kappa shape index (κ2) is 9.63. The Kier molecular flexibility index (Phi) is 6.46. The van der Waals surface area contributed by atoms with E-state index >= 15 is 0 Å². The Hall–Kier alpha value is -4.38. The molecule has 0 spiro atoms. The summed E-state index contributed by atoms with van der Waals surface area (Å²) in [4.78, 5) is 49.6. The van der Waals surface area contributed by atoms with Crippen LogP contribution in [0.3, 0.4) is 0 Å². The molecule has 11 heteroatoms. The number of fused-ring (bicyclic) bond motifs is 1. The van der Waals surface area contributed by atoms with Gasteiger partial charge in [0.2, 0.25) is 0 Å². The Balaban J connectivity index is 1.60. The number of rotatable bonds is 7. The number of ketones is 1. The first-order valence-electron chi connectivity index (χ1n) is 9.86. The highest BCUT2D eigenvalue weighted by molar-refractivity contribution is 7.98. The van der Waals surface area contributed by atoms with Crippen molar-refractivity contribution in [2.75, 3.05) is 6.26 Å². The number of nitro groups is 1. The van der Waals surface area contributed by atoms with E-state index < -0.39 is 29.0 Å². The van der Waals surface area contributed by atoms with E-state index in [-0.39, 0.29) is 22.4 Å². The Morgan fingerprint density at radius 3 is 2.50 bits per heavy atom. The quantitative estimate of drug-likeness (QED) is 0.129. The molecule has 4 aromatic rings. The molecule has 0 fully saturated rings. The summed E-state index contributed by atoms with van der Waals surface area (Å²) in [6.07, 6.45) is 1.69. The van der Waals surface area contributed by atoms with Crippen LogP contribution in [0.25, 0.3) is 10.9 Å². The van der Waals surface area contributed by atoms with Crippen LogP contribution in [0.4, 0.5) is 5.69 Å². The Morgan fingerprint density at radius 1 is 1.06 bits per heavy atom. The second-order valence-electron chi connectivity index (χ2n) is 6.99. The van der Waals surface area contributed by atoms with Gasteiger partial charge in [0.15, 0.2) is 12.5 Å². The molecule has 4 rings (SSSR count). The molecule has 3 aromatic carbocycles. The largest absolute Gasteiger partial charge is 0.439 e. The number of nitrogens with zero attached hydrogens (tertiary/aromatic N) is 4. The molecule has 0 aliphatic heterocycles. The van der Waals surface area contributed by atoms with Gasteiger partial charge in [0.05, 0.1) is 20.8 Å². The van der Waals surface area contributed by atoms with Crippen LogP contribution in [-0.2, 0) is 11.5 Å². The van der Waals surface area contributed by atoms with Crippen LogP contribution in [0.15, 0.2) is 76.4 Å². The van der Waals surface area contributed by atoms with E-state index in [4.69, 9.17) is 4.74 Å². The van der Waals surface area contributed by atoms with Crippen LogP contribution in [0, 0.1) is 10.1 Å². The van der Waals surface area contributed by atoms with E-state index in [1.54, 1.807) is 42.7 Å². The third-order valence-corrected chi connectivity index (χ3v) is 5.76. The summed E-state index contributed by atoms with van der Waals surface area (Å²) in [6, 6.07) is 16.7. The molecular weight excluding hydrogens is 460 g/mol. The molecule has 0 saturated heterocycles. The van der Waals surface area contributed by atoms with Crippen molar-refractivity contribution in [1.29, 1.82) is 0 Å². The van der Waals surface area contributed by atoms with Crippen molar-refractivity contribution in [2.45, 2.75) is 11.6 Å². The smallest absolute Gasteiger partial charge is 0.340 e. The van der Waals surface area contributed by atoms with E-state index in [2.05, 4.69) is 10.3 Å². The molecule has 1 heterocycles. The molecule has 0 amide bonds. The summed E-state index contributed by atoms with van der Waals surface area (Å²) < 4.78 is 6.12. The fourth-order valence-electron chi connectivity index (χ4n) is 3.29. The van der Waals surface area contributed by atoms with Gasteiger partial charge in [0.1, 0.15) is 5.52 Å². The van der Waals surface area contributed by atoms with Gasteiger partial charge in [-0.1, -0.05) is 35.5 Å². The summed E-state index contributed by atoms with van der Waals surface area (Å²) in [5.74, 6) is -1.44. The van der Waals surface area contributed by atoms with E-state index in [0.29, 0.717) is 15.8 Å². The van der Waals surface area contributed by atoms with Gasteiger partial charge in [-0.05, 0) is 36.6 Å². The maximum Gasteiger partial charge on any atom is 0.340 e. The second-order valence-corrected chi connectivity index (χ2v) is 7.84. The van der Waals surface area contributed by atoms with Gasteiger partial charge in [-0.15, -0.1) is 16.9 Å². The monoisotopic (exact) mass is 476 g/mol. The number of carbonyl (C=O) groups is 2. The van der Waals surface area contributed by atoms with Crippen LogP contribution in [0.5, 0.6) is 0 Å². The minimum atomic E-state index is -0.860. The topological polar surface area (TPSA) is 134 Å². The summed E-state index contributed by atoms with van der Waals surface area (Å²) in [6.45, 7) is -0.508. The van der Waals surface area contributed by atoms with Gasteiger partial charge in [-0.3, -0.25) is 19.7 Å². The highest BCUT2D eigenvalue weighted by Gasteiger charge is 2.22. The van der Waals surface area contributed by atoms with Crippen molar-refractivity contribution in [3.8, 4) is 0 Å². The number of carbonyl (C=O) groups excluding carboxylic acids is 2. The number of esters is 1. The average Bonchev–Trinajstić information content (AvgIpc) is 2.87. The molecule has 1 aromatic heterocycles. The Morgan fingerprint density at radius 2 is 1.76 bits per heavy atom.